The first-order valence-electron chi connectivity index (χ1n) is 8.31. The highest BCUT2D eigenvalue weighted by molar-refractivity contribution is 5.91. The second-order valence-corrected chi connectivity index (χ2v) is 5.75. The lowest BCUT2D eigenvalue weighted by atomic mass is 10.1. The van der Waals surface area contributed by atoms with Crippen LogP contribution in [0.5, 0.6) is 5.75 Å². The van der Waals surface area contributed by atoms with Crippen LogP contribution < -0.4 is 10.1 Å². The molecule has 0 aliphatic carbocycles. The first kappa shape index (κ1) is 16.8. The highest BCUT2D eigenvalue weighted by atomic mass is 16.5. The number of hydrogen-bond acceptors (Lipinski definition) is 3. The van der Waals surface area contributed by atoms with Gasteiger partial charge in [0.1, 0.15) is 5.75 Å². The van der Waals surface area contributed by atoms with Crippen LogP contribution in [0.15, 0.2) is 67.0 Å². The SMILES string of the molecule is CCc1ccc(OCn2cc(NC(=O)Cc3ccccc3)cn2)cc1. The molecular formula is C20H21N3O2. The minimum Gasteiger partial charge on any atom is -0.471 e. The van der Waals surface area contributed by atoms with Crippen LogP contribution in [-0.4, -0.2) is 15.7 Å². The second-order valence-electron chi connectivity index (χ2n) is 5.75. The Morgan fingerprint density at radius 1 is 1.08 bits per heavy atom. The van der Waals surface area contributed by atoms with E-state index in [0.29, 0.717) is 18.8 Å². The molecule has 5 nitrogen and oxygen atoms in total. The smallest absolute Gasteiger partial charge is 0.228 e. The highest BCUT2D eigenvalue weighted by Crippen LogP contribution is 2.14. The number of carbonyl (C=O) groups excluding carboxylic acids is 1. The summed E-state index contributed by atoms with van der Waals surface area (Å²) in [6.45, 7) is 2.41. The minimum absolute atomic E-state index is 0.0678. The summed E-state index contributed by atoms with van der Waals surface area (Å²) in [5, 5.41) is 7.05. The van der Waals surface area contributed by atoms with Gasteiger partial charge in [-0.25, -0.2) is 4.68 Å². The van der Waals surface area contributed by atoms with Crippen LogP contribution in [0.4, 0.5) is 5.69 Å². The fraction of sp³-hybridized carbons (Fsp3) is 0.200. The molecular weight excluding hydrogens is 314 g/mol. The largest absolute Gasteiger partial charge is 0.471 e. The maximum atomic E-state index is 12.1. The third-order valence-electron chi connectivity index (χ3n) is 3.82. The Labute approximate surface area is 147 Å². The normalized spacial score (nSPS) is 10.4. The third kappa shape index (κ3) is 4.94. The molecule has 0 fully saturated rings. The topological polar surface area (TPSA) is 56.1 Å². The minimum atomic E-state index is -0.0678. The van der Waals surface area contributed by atoms with Gasteiger partial charge in [0.15, 0.2) is 6.73 Å². The second kappa shape index (κ2) is 8.15. The monoisotopic (exact) mass is 335 g/mol. The van der Waals surface area contributed by atoms with Gasteiger partial charge in [-0.3, -0.25) is 4.79 Å². The Bertz CT molecular complexity index is 810. The zero-order chi connectivity index (χ0) is 17.5. The average Bonchev–Trinajstić information content (AvgIpc) is 3.08. The van der Waals surface area contributed by atoms with Crippen molar-refractivity contribution in [2.24, 2.45) is 0 Å². The summed E-state index contributed by atoms with van der Waals surface area (Å²) in [6, 6.07) is 17.6. The molecule has 1 amide bonds. The van der Waals surface area contributed by atoms with Gasteiger partial charge in [0.05, 0.1) is 24.5 Å². The van der Waals surface area contributed by atoms with E-state index in [9.17, 15) is 4.79 Å². The summed E-state index contributed by atoms with van der Waals surface area (Å²) >= 11 is 0. The highest BCUT2D eigenvalue weighted by Gasteiger charge is 2.06. The zero-order valence-corrected chi connectivity index (χ0v) is 14.2. The van der Waals surface area contributed by atoms with E-state index >= 15 is 0 Å². The van der Waals surface area contributed by atoms with Crippen molar-refractivity contribution in [3.05, 3.63) is 78.1 Å². The first-order chi connectivity index (χ1) is 12.2. The zero-order valence-electron chi connectivity index (χ0n) is 14.2. The number of hydrogen-bond donors (Lipinski definition) is 1. The van der Waals surface area contributed by atoms with Crippen LogP contribution in [0.3, 0.4) is 0 Å². The van der Waals surface area contributed by atoms with E-state index in [-0.39, 0.29) is 5.91 Å². The molecule has 5 heteroatoms. The maximum Gasteiger partial charge on any atom is 0.228 e. The summed E-state index contributed by atoms with van der Waals surface area (Å²) in [4.78, 5) is 12.1. The molecule has 0 aliphatic heterocycles. The molecule has 0 spiro atoms. The molecule has 0 aliphatic rings. The predicted octanol–water partition coefficient (Wildman–Crippen LogP) is 3.66. The molecule has 1 heterocycles. The lowest BCUT2D eigenvalue weighted by Gasteiger charge is -2.06. The van der Waals surface area contributed by atoms with Crippen molar-refractivity contribution >= 4 is 11.6 Å². The molecule has 0 unspecified atom stereocenters. The molecule has 25 heavy (non-hydrogen) atoms. The number of benzene rings is 2. The molecule has 3 aromatic rings. The van der Waals surface area contributed by atoms with Crippen molar-refractivity contribution in [2.45, 2.75) is 26.5 Å². The van der Waals surface area contributed by atoms with Crippen LogP contribution in [0.1, 0.15) is 18.1 Å². The summed E-state index contributed by atoms with van der Waals surface area (Å²) in [5.41, 5.74) is 2.91. The van der Waals surface area contributed by atoms with Crippen molar-refractivity contribution in [3.8, 4) is 5.75 Å². The molecule has 3 rings (SSSR count). The van der Waals surface area contributed by atoms with Gasteiger partial charge in [0.2, 0.25) is 5.91 Å². The van der Waals surface area contributed by atoms with Crippen molar-refractivity contribution in [2.75, 3.05) is 5.32 Å². The van der Waals surface area contributed by atoms with Crippen LogP contribution in [0, 0.1) is 0 Å². The molecule has 0 radical (unpaired) electrons. The van der Waals surface area contributed by atoms with Crippen molar-refractivity contribution in [3.63, 3.8) is 0 Å². The Hall–Kier alpha value is -3.08. The van der Waals surface area contributed by atoms with E-state index in [2.05, 4.69) is 17.3 Å². The van der Waals surface area contributed by atoms with Crippen molar-refractivity contribution < 1.29 is 9.53 Å². The fourth-order valence-corrected chi connectivity index (χ4v) is 2.45. The van der Waals surface area contributed by atoms with Crippen molar-refractivity contribution in [1.82, 2.24) is 9.78 Å². The number of ether oxygens (including phenoxy) is 1. The Kier molecular flexibility index (Phi) is 5.46. The summed E-state index contributed by atoms with van der Waals surface area (Å²) in [6.07, 6.45) is 4.72. The van der Waals surface area contributed by atoms with Crippen LogP contribution in [0.2, 0.25) is 0 Å². The molecule has 128 valence electrons. The number of anilines is 1. The molecule has 0 atom stereocenters. The Morgan fingerprint density at radius 3 is 2.56 bits per heavy atom. The van der Waals surface area contributed by atoms with E-state index in [4.69, 9.17) is 4.74 Å². The number of amides is 1. The number of rotatable bonds is 7. The summed E-state index contributed by atoms with van der Waals surface area (Å²) in [5.74, 6) is 0.726. The van der Waals surface area contributed by atoms with Gasteiger partial charge in [-0.05, 0) is 29.7 Å². The van der Waals surface area contributed by atoms with Gasteiger partial charge in [0.25, 0.3) is 0 Å². The van der Waals surface area contributed by atoms with Crippen molar-refractivity contribution in [1.29, 1.82) is 0 Å². The molecule has 0 saturated heterocycles. The van der Waals surface area contributed by atoms with Gasteiger partial charge >= 0.3 is 0 Å². The number of carbonyl (C=O) groups is 1. The number of aromatic nitrogens is 2. The lowest BCUT2D eigenvalue weighted by Crippen LogP contribution is -2.14. The maximum absolute atomic E-state index is 12.1. The van der Waals surface area contributed by atoms with Crippen LogP contribution >= 0.6 is 0 Å². The van der Waals surface area contributed by atoms with Gasteiger partial charge in [0, 0.05) is 0 Å². The van der Waals surface area contributed by atoms with Gasteiger partial charge in [-0.2, -0.15) is 5.10 Å². The van der Waals surface area contributed by atoms with E-state index < -0.39 is 0 Å². The van der Waals surface area contributed by atoms with Crippen LogP contribution in [0.25, 0.3) is 0 Å². The number of aryl methyl sites for hydroxylation is 1. The first-order valence-corrected chi connectivity index (χ1v) is 8.31. The number of nitrogens with one attached hydrogen (secondary N) is 1. The van der Waals surface area contributed by atoms with Crippen LogP contribution in [-0.2, 0) is 24.4 Å². The van der Waals surface area contributed by atoms with E-state index in [0.717, 1.165) is 17.7 Å². The number of nitrogens with zero attached hydrogens (tertiary/aromatic N) is 2. The molecule has 1 N–H and O–H groups in total. The quantitative estimate of drug-likeness (QED) is 0.717. The average molecular weight is 335 g/mol. The standard InChI is InChI=1S/C20H21N3O2/c1-2-16-8-10-19(11-9-16)25-15-23-14-18(13-21-23)22-20(24)12-17-6-4-3-5-7-17/h3-11,13-14H,2,12,15H2,1H3,(H,22,24). The summed E-state index contributed by atoms with van der Waals surface area (Å²) < 4.78 is 7.34. The molecule has 0 bridgehead atoms. The van der Waals surface area contributed by atoms with E-state index in [1.54, 1.807) is 17.1 Å². The van der Waals surface area contributed by atoms with Gasteiger partial charge < -0.3 is 10.1 Å². The van der Waals surface area contributed by atoms with Gasteiger partial charge in [-0.1, -0.05) is 49.4 Å². The Balaban J connectivity index is 1.50. The summed E-state index contributed by atoms with van der Waals surface area (Å²) in [7, 11) is 0. The lowest BCUT2D eigenvalue weighted by molar-refractivity contribution is -0.115. The van der Waals surface area contributed by atoms with E-state index in [1.807, 2.05) is 54.6 Å². The predicted molar refractivity (Wildman–Crippen MR) is 97.5 cm³/mol. The molecule has 0 saturated carbocycles. The van der Waals surface area contributed by atoms with E-state index in [1.165, 1.54) is 5.56 Å². The molecule has 2 aromatic carbocycles. The molecule has 1 aromatic heterocycles. The Morgan fingerprint density at radius 2 is 1.84 bits per heavy atom. The third-order valence-corrected chi connectivity index (χ3v) is 3.82. The van der Waals surface area contributed by atoms with Gasteiger partial charge in [-0.15, -0.1) is 0 Å². The fourth-order valence-electron chi connectivity index (χ4n) is 2.45.